The number of carbonyl (C=O) groups is 1. The molecular formula is C23H30N2O2S. The molecule has 1 aromatic heterocycles. The number of piperidine rings is 1. The van der Waals surface area contributed by atoms with Gasteiger partial charge < -0.3 is 10.0 Å². The normalized spacial score (nSPS) is 21.4. The number of carboxylic acids is 1. The van der Waals surface area contributed by atoms with Crippen LogP contribution in [0.15, 0.2) is 23.6 Å². The van der Waals surface area contributed by atoms with Gasteiger partial charge in [-0.25, -0.2) is 4.98 Å². The standard InChI is InChI=1S/C23H30N2O2S/c1-22(2)9-10-23(3,4)18-13-16(5-6-17(18)22)19-14-28-21(24-19)25-11-7-15(8-12-25)20(26)27/h5-6,13-15H,7-12H2,1-4H3,(H,26,27). The van der Waals surface area contributed by atoms with E-state index in [1.54, 1.807) is 11.3 Å². The van der Waals surface area contributed by atoms with Crippen molar-refractivity contribution in [1.29, 1.82) is 0 Å². The fourth-order valence-corrected chi connectivity index (χ4v) is 5.50. The van der Waals surface area contributed by atoms with Gasteiger partial charge in [0.05, 0.1) is 11.6 Å². The molecular weight excluding hydrogens is 368 g/mol. The Balaban J connectivity index is 1.59. The van der Waals surface area contributed by atoms with Crippen LogP contribution < -0.4 is 4.90 Å². The highest BCUT2D eigenvalue weighted by Gasteiger charge is 2.37. The van der Waals surface area contributed by atoms with E-state index in [4.69, 9.17) is 4.98 Å². The van der Waals surface area contributed by atoms with Crippen LogP contribution in [-0.4, -0.2) is 29.1 Å². The number of aliphatic carboxylic acids is 1. The summed E-state index contributed by atoms with van der Waals surface area (Å²) in [6, 6.07) is 6.88. The lowest BCUT2D eigenvalue weighted by Gasteiger charge is -2.42. The van der Waals surface area contributed by atoms with Gasteiger partial charge in [0.15, 0.2) is 5.13 Å². The SMILES string of the molecule is CC1(C)CCC(C)(C)c2cc(-c3csc(N4CCC(C(=O)O)CC4)n3)ccc21. The molecule has 2 heterocycles. The van der Waals surface area contributed by atoms with Crippen molar-refractivity contribution in [2.45, 2.75) is 64.2 Å². The largest absolute Gasteiger partial charge is 0.481 e. The van der Waals surface area contributed by atoms with Crippen molar-refractivity contribution in [3.63, 3.8) is 0 Å². The summed E-state index contributed by atoms with van der Waals surface area (Å²) in [4.78, 5) is 18.3. The number of hydrogen-bond donors (Lipinski definition) is 1. The second-order valence-electron chi connectivity index (χ2n) is 9.64. The lowest BCUT2D eigenvalue weighted by molar-refractivity contribution is -0.142. The van der Waals surface area contributed by atoms with Gasteiger partial charge in [-0.2, -0.15) is 0 Å². The minimum absolute atomic E-state index is 0.193. The Morgan fingerprint density at radius 2 is 1.75 bits per heavy atom. The predicted molar refractivity (Wildman–Crippen MR) is 115 cm³/mol. The van der Waals surface area contributed by atoms with E-state index in [0.717, 1.165) is 23.9 Å². The molecule has 0 radical (unpaired) electrons. The molecule has 1 aliphatic carbocycles. The molecule has 0 bridgehead atoms. The van der Waals surface area contributed by atoms with Gasteiger partial charge in [0.2, 0.25) is 0 Å². The molecule has 150 valence electrons. The van der Waals surface area contributed by atoms with Gasteiger partial charge in [0.1, 0.15) is 0 Å². The zero-order valence-electron chi connectivity index (χ0n) is 17.3. The molecule has 2 aliphatic rings. The highest BCUT2D eigenvalue weighted by molar-refractivity contribution is 7.14. The fourth-order valence-electron chi connectivity index (χ4n) is 4.61. The number of carboxylic acid groups (broad SMARTS) is 1. The minimum Gasteiger partial charge on any atom is -0.481 e. The molecule has 1 saturated heterocycles. The Hall–Kier alpha value is -1.88. The Labute approximate surface area is 171 Å². The quantitative estimate of drug-likeness (QED) is 0.746. The van der Waals surface area contributed by atoms with Crippen LogP contribution in [0, 0.1) is 5.92 Å². The lowest BCUT2D eigenvalue weighted by atomic mass is 9.63. The number of thiazole rings is 1. The van der Waals surface area contributed by atoms with Gasteiger partial charge >= 0.3 is 5.97 Å². The monoisotopic (exact) mass is 398 g/mol. The van der Waals surface area contributed by atoms with Gasteiger partial charge in [-0.3, -0.25) is 4.79 Å². The maximum atomic E-state index is 11.2. The summed E-state index contributed by atoms with van der Waals surface area (Å²) in [5.74, 6) is -0.874. The topological polar surface area (TPSA) is 53.4 Å². The number of hydrogen-bond acceptors (Lipinski definition) is 4. The third kappa shape index (κ3) is 3.45. The highest BCUT2D eigenvalue weighted by Crippen LogP contribution is 2.47. The molecule has 1 aromatic carbocycles. The predicted octanol–water partition coefficient (Wildman–Crippen LogP) is 5.46. The molecule has 0 atom stereocenters. The first-order chi connectivity index (χ1) is 13.2. The second-order valence-corrected chi connectivity index (χ2v) is 10.5. The molecule has 1 fully saturated rings. The van der Waals surface area contributed by atoms with Crippen molar-refractivity contribution in [3.05, 3.63) is 34.7 Å². The summed E-state index contributed by atoms with van der Waals surface area (Å²) in [6.07, 6.45) is 3.83. The molecule has 4 rings (SSSR count). The van der Waals surface area contributed by atoms with Crippen LogP contribution in [0.3, 0.4) is 0 Å². The van der Waals surface area contributed by atoms with Gasteiger partial charge in [-0.15, -0.1) is 11.3 Å². The van der Waals surface area contributed by atoms with E-state index >= 15 is 0 Å². The third-order valence-corrected chi connectivity index (χ3v) is 7.66. The van der Waals surface area contributed by atoms with Crippen molar-refractivity contribution in [2.75, 3.05) is 18.0 Å². The fraction of sp³-hybridized carbons (Fsp3) is 0.565. The van der Waals surface area contributed by atoms with Crippen LogP contribution in [0.4, 0.5) is 5.13 Å². The van der Waals surface area contributed by atoms with E-state index in [1.165, 1.54) is 29.5 Å². The van der Waals surface area contributed by atoms with Crippen molar-refractivity contribution >= 4 is 22.4 Å². The summed E-state index contributed by atoms with van der Waals surface area (Å²) in [7, 11) is 0. The molecule has 0 unspecified atom stereocenters. The van der Waals surface area contributed by atoms with Gasteiger partial charge in [-0.05, 0) is 53.7 Å². The van der Waals surface area contributed by atoms with E-state index in [9.17, 15) is 9.90 Å². The number of rotatable bonds is 3. The molecule has 1 N–H and O–H groups in total. The number of fused-ring (bicyclic) bond motifs is 1. The number of nitrogens with zero attached hydrogens (tertiary/aromatic N) is 2. The van der Waals surface area contributed by atoms with E-state index < -0.39 is 5.97 Å². The minimum atomic E-state index is -0.668. The van der Waals surface area contributed by atoms with Crippen LogP contribution in [0.1, 0.15) is 64.5 Å². The second kappa shape index (κ2) is 6.87. The van der Waals surface area contributed by atoms with Crippen molar-refractivity contribution in [1.82, 2.24) is 4.98 Å². The summed E-state index contributed by atoms with van der Waals surface area (Å²) in [5, 5.41) is 12.3. The van der Waals surface area contributed by atoms with Crippen LogP contribution in [-0.2, 0) is 15.6 Å². The van der Waals surface area contributed by atoms with E-state index in [2.05, 4.69) is 56.2 Å². The summed E-state index contributed by atoms with van der Waals surface area (Å²) in [6.45, 7) is 10.9. The first kappa shape index (κ1) is 19.4. The average Bonchev–Trinajstić information content (AvgIpc) is 3.15. The molecule has 5 heteroatoms. The zero-order valence-corrected chi connectivity index (χ0v) is 18.1. The Morgan fingerprint density at radius 1 is 1.11 bits per heavy atom. The number of aromatic nitrogens is 1. The smallest absolute Gasteiger partial charge is 0.306 e. The van der Waals surface area contributed by atoms with Gasteiger partial charge in [0.25, 0.3) is 0 Å². The number of anilines is 1. The van der Waals surface area contributed by atoms with Gasteiger partial charge in [-0.1, -0.05) is 39.8 Å². The maximum Gasteiger partial charge on any atom is 0.306 e. The van der Waals surface area contributed by atoms with Crippen LogP contribution in [0.2, 0.25) is 0 Å². The maximum absolute atomic E-state index is 11.2. The number of benzene rings is 1. The molecule has 1 aliphatic heterocycles. The van der Waals surface area contributed by atoms with Crippen molar-refractivity contribution < 1.29 is 9.90 Å². The molecule has 0 saturated carbocycles. The Bertz CT molecular complexity index is 892. The third-order valence-electron chi connectivity index (χ3n) is 6.76. The van der Waals surface area contributed by atoms with E-state index in [-0.39, 0.29) is 16.7 Å². The first-order valence-corrected chi connectivity index (χ1v) is 11.1. The molecule has 0 amide bonds. The highest BCUT2D eigenvalue weighted by atomic mass is 32.1. The first-order valence-electron chi connectivity index (χ1n) is 10.3. The molecule has 2 aromatic rings. The van der Waals surface area contributed by atoms with Crippen LogP contribution in [0.25, 0.3) is 11.3 Å². The molecule has 0 spiro atoms. The summed E-state index contributed by atoms with van der Waals surface area (Å²) >= 11 is 1.66. The molecule has 28 heavy (non-hydrogen) atoms. The zero-order chi connectivity index (χ0) is 20.1. The van der Waals surface area contributed by atoms with Gasteiger partial charge in [0, 0.05) is 24.0 Å². The summed E-state index contributed by atoms with van der Waals surface area (Å²) in [5.41, 5.74) is 5.57. The summed E-state index contributed by atoms with van der Waals surface area (Å²) < 4.78 is 0. The Kier molecular flexibility index (Phi) is 4.77. The van der Waals surface area contributed by atoms with Crippen LogP contribution in [0.5, 0.6) is 0 Å². The van der Waals surface area contributed by atoms with E-state index in [1.807, 2.05) is 0 Å². The Morgan fingerprint density at radius 3 is 2.39 bits per heavy atom. The van der Waals surface area contributed by atoms with Crippen molar-refractivity contribution in [2.24, 2.45) is 5.92 Å². The van der Waals surface area contributed by atoms with E-state index in [0.29, 0.717) is 12.8 Å². The molecule has 4 nitrogen and oxygen atoms in total. The van der Waals surface area contributed by atoms with Crippen molar-refractivity contribution in [3.8, 4) is 11.3 Å². The lowest BCUT2D eigenvalue weighted by Crippen LogP contribution is -2.36. The van der Waals surface area contributed by atoms with Crippen LogP contribution >= 0.6 is 11.3 Å². The average molecular weight is 399 g/mol.